The monoisotopic (exact) mass is 356 g/mol. The number of hydrogen-bond acceptors (Lipinski definition) is 3. The number of fused-ring (bicyclic) bond motifs is 3. The van der Waals surface area contributed by atoms with E-state index < -0.39 is 14.0 Å². The van der Waals surface area contributed by atoms with Crippen LogP contribution >= 0.6 is 0 Å². The lowest BCUT2D eigenvalue weighted by molar-refractivity contribution is -0.485. The van der Waals surface area contributed by atoms with E-state index in [0.29, 0.717) is 5.92 Å². The van der Waals surface area contributed by atoms with E-state index in [1.54, 1.807) is 0 Å². The fraction of sp³-hybridized carbons (Fsp3) is 0.619. The van der Waals surface area contributed by atoms with Crippen molar-refractivity contribution in [2.45, 2.75) is 51.3 Å². The molecule has 4 heteroatoms. The zero-order valence-corrected chi connectivity index (χ0v) is 16.6. The highest BCUT2D eigenvalue weighted by molar-refractivity contribution is 6.83. The maximum Gasteiger partial charge on any atom is 0.312 e. The first kappa shape index (κ1) is 17.3. The third-order valence-corrected chi connectivity index (χ3v) is 6.57. The van der Waals surface area contributed by atoms with Crippen LogP contribution in [0.3, 0.4) is 0 Å². The number of rotatable bonds is 2. The Morgan fingerprint density at radius 3 is 2.00 bits per heavy atom. The molecule has 0 N–H and O–H groups in total. The van der Waals surface area contributed by atoms with Crippen LogP contribution in [-0.2, 0) is 20.2 Å². The molecular weight excluding hydrogens is 328 g/mol. The fourth-order valence-corrected chi connectivity index (χ4v) is 4.64. The van der Waals surface area contributed by atoms with Crippen LogP contribution in [-0.4, -0.2) is 27.9 Å². The number of hydrogen-bond donors (Lipinski definition) is 0. The molecule has 2 bridgehead atoms. The summed E-state index contributed by atoms with van der Waals surface area (Å²) in [6.07, 6.45) is 5.23. The molecule has 25 heavy (non-hydrogen) atoms. The highest BCUT2D eigenvalue weighted by Crippen LogP contribution is 2.51. The Morgan fingerprint density at radius 1 is 0.920 bits per heavy atom. The van der Waals surface area contributed by atoms with Gasteiger partial charge in [-0.05, 0) is 43.0 Å². The zero-order valence-electron chi connectivity index (χ0n) is 15.6. The third-order valence-electron chi connectivity index (χ3n) is 5.69. The number of benzene rings is 1. The molecule has 3 heterocycles. The fourth-order valence-electron chi connectivity index (χ4n) is 4.13. The normalized spacial score (nSPS) is 32.4. The summed E-state index contributed by atoms with van der Waals surface area (Å²) >= 11 is 0. The van der Waals surface area contributed by atoms with Gasteiger partial charge in [0, 0.05) is 16.5 Å². The first-order valence-corrected chi connectivity index (χ1v) is 13.0. The molecule has 1 aliphatic carbocycles. The van der Waals surface area contributed by atoms with E-state index in [1.807, 2.05) is 24.3 Å². The lowest BCUT2D eigenvalue weighted by Crippen LogP contribution is -2.60. The molecule has 5 rings (SSSR count). The molecule has 3 saturated heterocycles. The molecule has 4 aliphatic rings. The van der Waals surface area contributed by atoms with Crippen molar-refractivity contribution in [3.8, 4) is 11.5 Å². The number of ether oxygens (including phenoxy) is 3. The average molecular weight is 357 g/mol. The summed E-state index contributed by atoms with van der Waals surface area (Å²) in [5.74, 6) is 2.96. The summed E-state index contributed by atoms with van der Waals surface area (Å²) in [7, 11) is -1.36. The third kappa shape index (κ3) is 3.31. The van der Waals surface area contributed by atoms with Crippen molar-refractivity contribution in [3.05, 3.63) is 35.4 Å². The van der Waals surface area contributed by atoms with Crippen molar-refractivity contribution in [3.63, 3.8) is 0 Å². The van der Waals surface area contributed by atoms with E-state index in [0.717, 1.165) is 30.9 Å². The highest BCUT2D eigenvalue weighted by Gasteiger charge is 2.56. The summed E-state index contributed by atoms with van der Waals surface area (Å²) in [6.45, 7) is 9.00. The minimum Gasteiger partial charge on any atom is -0.323 e. The van der Waals surface area contributed by atoms with E-state index in [-0.39, 0.29) is 5.41 Å². The Balaban J connectivity index is 1.49. The van der Waals surface area contributed by atoms with Gasteiger partial charge in [-0.3, -0.25) is 0 Å². The van der Waals surface area contributed by atoms with E-state index in [2.05, 4.69) is 31.1 Å². The van der Waals surface area contributed by atoms with Crippen LogP contribution < -0.4 is 0 Å². The second-order valence-corrected chi connectivity index (χ2v) is 13.6. The lowest BCUT2D eigenvalue weighted by Gasteiger charge is -2.54. The molecule has 1 aromatic rings. The molecule has 0 amide bonds. The Bertz CT molecular complexity index is 662. The summed E-state index contributed by atoms with van der Waals surface area (Å²) in [6, 6.07) is 8.14. The standard InChI is InChI=1S/C21H28O3Si/c1-25(2,3)13-12-17-8-10-19(11-9-17)21-22-14-20(15-23-21,16-24-21)18-6-4-5-7-18/h8-11,18H,4-7,14-16H2,1-3H3. The topological polar surface area (TPSA) is 27.7 Å². The molecule has 134 valence electrons. The molecule has 0 spiro atoms. The SMILES string of the molecule is C[Si](C)(C)C#Cc1ccc(C23OCC(C4CCCC4)(CO2)CO3)cc1. The zero-order chi connectivity index (χ0) is 17.5. The Labute approximate surface area is 152 Å². The molecule has 3 nitrogen and oxygen atoms in total. The van der Waals surface area contributed by atoms with Crippen LogP contribution in [0.2, 0.25) is 19.6 Å². The molecule has 3 aliphatic heterocycles. The molecule has 0 unspecified atom stereocenters. The maximum atomic E-state index is 6.15. The van der Waals surface area contributed by atoms with Gasteiger partial charge < -0.3 is 14.2 Å². The van der Waals surface area contributed by atoms with Gasteiger partial charge >= 0.3 is 5.97 Å². The van der Waals surface area contributed by atoms with Gasteiger partial charge in [0.2, 0.25) is 0 Å². The first-order chi connectivity index (χ1) is 11.9. The van der Waals surface area contributed by atoms with Crippen molar-refractivity contribution < 1.29 is 14.2 Å². The Kier molecular flexibility index (Phi) is 4.32. The molecular formula is C21H28O3Si. The van der Waals surface area contributed by atoms with Crippen molar-refractivity contribution in [1.82, 2.24) is 0 Å². The van der Waals surface area contributed by atoms with Crippen LogP contribution in [0.1, 0.15) is 36.8 Å². The minimum atomic E-state index is -1.36. The van der Waals surface area contributed by atoms with Crippen molar-refractivity contribution in [1.29, 1.82) is 0 Å². The Hall–Kier alpha value is -1.12. The van der Waals surface area contributed by atoms with Gasteiger partial charge in [0.15, 0.2) is 0 Å². The van der Waals surface area contributed by atoms with Crippen molar-refractivity contribution >= 4 is 8.07 Å². The van der Waals surface area contributed by atoms with Crippen LogP contribution in [0.15, 0.2) is 24.3 Å². The maximum absolute atomic E-state index is 6.15. The minimum absolute atomic E-state index is 0.0704. The predicted octanol–water partition coefficient (Wildman–Crippen LogP) is 4.28. The molecule has 0 atom stereocenters. The Morgan fingerprint density at radius 2 is 1.48 bits per heavy atom. The van der Waals surface area contributed by atoms with Gasteiger partial charge in [0.25, 0.3) is 0 Å². The summed E-state index contributed by atoms with van der Waals surface area (Å²) in [4.78, 5) is 0. The van der Waals surface area contributed by atoms with Crippen LogP contribution in [0.5, 0.6) is 0 Å². The van der Waals surface area contributed by atoms with Gasteiger partial charge in [0.05, 0.1) is 19.8 Å². The van der Waals surface area contributed by atoms with E-state index in [9.17, 15) is 0 Å². The average Bonchev–Trinajstić information content (AvgIpc) is 3.17. The van der Waals surface area contributed by atoms with Gasteiger partial charge in [-0.25, -0.2) is 0 Å². The van der Waals surface area contributed by atoms with Crippen LogP contribution in [0.4, 0.5) is 0 Å². The van der Waals surface area contributed by atoms with Gasteiger partial charge in [0.1, 0.15) is 8.07 Å². The largest absolute Gasteiger partial charge is 0.323 e. The van der Waals surface area contributed by atoms with E-state index in [1.165, 1.54) is 25.7 Å². The summed E-state index contributed by atoms with van der Waals surface area (Å²) in [5, 5.41) is 0. The molecule has 4 fully saturated rings. The van der Waals surface area contributed by atoms with Crippen molar-refractivity contribution in [2.75, 3.05) is 19.8 Å². The summed E-state index contributed by atoms with van der Waals surface area (Å²) < 4.78 is 18.4. The first-order valence-electron chi connectivity index (χ1n) is 9.47. The van der Waals surface area contributed by atoms with Gasteiger partial charge in [-0.1, -0.05) is 38.4 Å². The summed E-state index contributed by atoms with van der Waals surface area (Å²) in [5.41, 5.74) is 5.44. The van der Waals surface area contributed by atoms with E-state index in [4.69, 9.17) is 14.2 Å². The van der Waals surface area contributed by atoms with E-state index >= 15 is 0 Å². The van der Waals surface area contributed by atoms with Crippen LogP contribution in [0, 0.1) is 22.8 Å². The molecule has 1 aromatic carbocycles. The predicted molar refractivity (Wildman–Crippen MR) is 101 cm³/mol. The molecule has 0 aromatic heterocycles. The van der Waals surface area contributed by atoms with Crippen LogP contribution in [0.25, 0.3) is 0 Å². The highest BCUT2D eigenvalue weighted by atomic mass is 28.3. The second-order valence-electron chi connectivity index (χ2n) is 8.84. The smallest absolute Gasteiger partial charge is 0.312 e. The second kappa shape index (κ2) is 6.24. The molecule has 0 radical (unpaired) electrons. The van der Waals surface area contributed by atoms with Gasteiger partial charge in [-0.15, -0.1) is 5.54 Å². The van der Waals surface area contributed by atoms with Gasteiger partial charge in [-0.2, -0.15) is 0 Å². The quantitative estimate of drug-likeness (QED) is 0.585. The molecule has 1 saturated carbocycles. The van der Waals surface area contributed by atoms with Crippen molar-refractivity contribution in [2.24, 2.45) is 11.3 Å². The lowest BCUT2D eigenvalue weighted by atomic mass is 9.74.